The monoisotopic (exact) mass is 280 g/mol. The Kier molecular flexibility index (Phi) is 16.2. The molecule has 0 aliphatic rings. The minimum atomic E-state index is -0.203. The highest BCUT2D eigenvalue weighted by Gasteiger charge is 2.01. The van der Waals surface area contributed by atoms with Crippen LogP contribution < -0.4 is 0 Å². The zero-order chi connectivity index (χ0) is 14.9. The summed E-state index contributed by atoms with van der Waals surface area (Å²) in [5.41, 5.74) is 0. The van der Waals surface area contributed by atoms with E-state index in [1.54, 1.807) is 0 Å². The van der Waals surface area contributed by atoms with Gasteiger partial charge in [0.1, 0.15) is 0 Å². The molecular weight excluding hydrogens is 244 g/mol. The van der Waals surface area contributed by atoms with Crippen molar-refractivity contribution in [2.24, 2.45) is 0 Å². The topological polar surface area (TPSA) is 20.2 Å². The summed E-state index contributed by atoms with van der Waals surface area (Å²) in [6, 6.07) is 0. The van der Waals surface area contributed by atoms with E-state index in [0.717, 1.165) is 12.8 Å². The van der Waals surface area contributed by atoms with Crippen LogP contribution in [0.2, 0.25) is 0 Å². The SMILES string of the molecule is CC#CC[C@H](O)CCCCCCCCCCCCCC. The summed E-state index contributed by atoms with van der Waals surface area (Å²) in [6.45, 7) is 4.10. The molecular formula is C19H36O. The van der Waals surface area contributed by atoms with Gasteiger partial charge in [-0.25, -0.2) is 0 Å². The van der Waals surface area contributed by atoms with Crippen LogP contribution in [0.4, 0.5) is 0 Å². The van der Waals surface area contributed by atoms with Crippen molar-refractivity contribution in [3.63, 3.8) is 0 Å². The lowest BCUT2D eigenvalue weighted by Gasteiger charge is -2.06. The van der Waals surface area contributed by atoms with Gasteiger partial charge >= 0.3 is 0 Å². The maximum absolute atomic E-state index is 9.64. The summed E-state index contributed by atoms with van der Waals surface area (Å²) in [5, 5.41) is 9.64. The molecule has 0 aromatic carbocycles. The lowest BCUT2D eigenvalue weighted by molar-refractivity contribution is 0.166. The standard InChI is InChI=1S/C19H36O/c1-3-5-7-8-9-10-11-12-13-14-15-16-18-19(20)17-6-4-2/h19-20H,3,5,7-18H2,1-2H3/t19-/m0/s1. The van der Waals surface area contributed by atoms with Gasteiger partial charge in [-0.3, -0.25) is 0 Å². The van der Waals surface area contributed by atoms with Gasteiger partial charge in [0.25, 0.3) is 0 Å². The van der Waals surface area contributed by atoms with Gasteiger partial charge in [0.05, 0.1) is 6.10 Å². The first-order chi connectivity index (χ1) is 9.81. The smallest absolute Gasteiger partial charge is 0.0649 e. The van der Waals surface area contributed by atoms with Crippen molar-refractivity contribution in [3.8, 4) is 11.8 Å². The van der Waals surface area contributed by atoms with Crippen molar-refractivity contribution in [3.05, 3.63) is 0 Å². The van der Waals surface area contributed by atoms with Crippen molar-refractivity contribution >= 4 is 0 Å². The Balaban J connectivity index is 3.07. The van der Waals surface area contributed by atoms with Gasteiger partial charge in [-0.05, 0) is 13.3 Å². The molecule has 0 saturated heterocycles. The van der Waals surface area contributed by atoms with E-state index in [2.05, 4.69) is 18.8 Å². The van der Waals surface area contributed by atoms with Gasteiger partial charge in [-0.1, -0.05) is 84.0 Å². The van der Waals surface area contributed by atoms with Crippen LogP contribution >= 0.6 is 0 Å². The van der Waals surface area contributed by atoms with Crippen LogP contribution in [0.3, 0.4) is 0 Å². The number of hydrogen-bond acceptors (Lipinski definition) is 1. The Bertz CT molecular complexity index is 236. The van der Waals surface area contributed by atoms with Crippen LogP contribution in [0.1, 0.15) is 104 Å². The fraction of sp³-hybridized carbons (Fsp3) is 0.895. The average Bonchev–Trinajstić information content (AvgIpc) is 2.46. The summed E-state index contributed by atoms with van der Waals surface area (Å²) in [6.07, 6.45) is 17.8. The van der Waals surface area contributed by atoms with Crippen molar-refractivity contribution in [2.75, 3.05) is 0 Å². The van der Waals surface area contributed by atoms with Gasteiger partial charge < -0.3 is 5.11 Å². The van der Waals surface area contributed by atoms with E-state index in [9.17, 15) is 5.11 Å². The minimum Gasteiger partial charge on any atom is -0.392 e. The Morgan fingerprint density at radius 3 is 1.65 bits per heavy atom. The van der Waals surface area contributed by atoms with E-state index >= 15 is 0 Å². The summed E-state index contributed by atoms with van der Waals surface area (Å²) in [7, 11) is 0. The molecule has 0 aliphatic carbocycles. The molecule has 118 valence electrons. The molecule has 0 spiro atoms. The number of aliphatic hydroxyl groups excluding tert-OH is 1. The van der Waals surface area contributed by atoms with Gasteiger partial charge in [-0.15, -0.1) is 11.8 Å². The maximum atomic E-state index is 9.64. The predicted octanol–water partition coefficient (Wildman–Crippen LogP) is 5.85. The van der Waals surface area contributed by atoms with Crippen molar-refractivity contribution < 1.29 is 5.11 Å². The summed E-state index contributed by atoms with van der Waals surface area (Å²) in [4.78, 5) is 0. The van der Waals surface area contributed by atoms with E-state index in [-0.39, 0.29) is 6.10 Å². The Labute approximate surface area is 127 Å². The third kappa shape index (κ3) is 15.6. The minimum absolute atomic E-state index is 0.203. The molecule has 1 heteroatoms. The fourth-order valence-corrected chi connectivity index (χ4v) is 2.54. The Hall–Kier alpha value is -0.480. The lowest BCUT2D eigenvalue weighted by atomic mass is 10.0. The number of hydrogen-bond donors (Lipinski definition) is 1. The van der Waals surface area contributed by atoms with Crippen LogP contribution in [0.25, 0.3) is 0 Å². The fourth-order valence-electron chi connectivity index (χ4n) is 2.54. The lowest BCUT2D eigenvalue weighted by Crippen LogP contribution is -2.04. The molecule has 0 saturated carbocycles. The maximum Gasteiger partial charge on any atom is 0.0649 e. The average molecular weight is 280 g/mol. The van der Waals surface area contributed by atoms with Gasteiger partial charge in [0.2, 0.25) is 0 Å². The molecule has 0 bridgehead atoms. The zero-order valence-corrected chi connectivity index (χ0v) is 13.9. The summed E-state index contributed by atoms with van der Waals surface area (Å²) in [5.74, 6) is 5.78. The molecule has 0 aromatic heterocycles. The molecule has 0 amide bonds. The van der Waals surface area contributed by atoms with Crippen LogP contribution in [-0.4, -0.2) is 11.2 Å². The Morgan fingerprint density at radius 2 is 1.20 bits per heavy atom. The quantitative estimate of drug-likeness (QED) is 0.312. The largest absolute Gasteiger partial charge is 0.392 e. The van der Waals surface area contributed by atoms with Crippen LogP contribution in [0, 0.1) is 11.8 Å². The zero-order valence-electron chi connectivity index (χ0n) is 13.9. The third-order valence-corrected chi connectivity index (χ3v) is 3.91. The Morgan fingerprint density at radius 1 is 0.750 bits per heavy atom. The van der Waals surface area contributed by atoms with E-state index in [1.165, 1.54) is 70.6 Å². The highest BCUT2D eigenvalue weighted by Crippen LogP contribution is 2.13. The van der Waals surface area contributed by atoms with Gasteiger partial charge in [0.15, 0.2) is 0 Å². The van der Waals surface area contributed by atoms with Crippen molar-refractivity contribution in [1.82, 2.24) is 0 Å². The van der Waals surface area contributed by atoms with E-state index < -0.39 is 0 Å². The van der Waals surface area contributed by atoms with Crippen molar-refractivity contribution in [2.45, 2.75) is 110 Å². The highest BCUT2D eigenvalue weighted by molar-refractivity contribution is 4.96. The molecule has 0 unspecified atom stereocenters. The van der Waals surface area contributed by atoms with Gasteiger partial charge in [0, 0.05) is 6.42 Å². The molecule has 0 aromatic rings. The van der Waals surface area contributed by atoms with Crippen LogP contribution in [-0.2, 0) is 0 Å². The van der Waals surface area contributed by atoms with Gasteiger partial charge in [-0.2, -0.15) is 0 Å². The van der Waals surface area contributed by atoms with E-state index in [0.29, 0.717) is 6.42 Å². The molecule has 0 heterocycles. The predicted molar refractivity (Wildman–Crippen MR) is 89.8 cm³/mol. The molecule has 1 N–H and O–H groups in total. The number of aliphatic hydroxyl groups is 1. The molecule has 0 aliphatic heterocycles. The molecule has 0 rings (SSSR count). The van der Waals surface area contributed by atoms with Crippen LogP contribution in [0.15, 0.2) is 0 Å². The molecule has 20 heavy (non-hydrogen) atoms. The normalized spacial score (nSPS) is 11.9. The van der Waals surface area contributed by atoms with Crippen molar-refractivity contribution in [1.29, 1.82) is 0 Å². The highest BCUT2D eigenvalue weighted by atomic mass is 16.3. The molecule has 0 fully saturated rings. The van der Waals surface area contributed by atoms with E-state index in [1.807, 2.05) is 6.92 Å². The second-order valence-corrected chi connectivity index (χ2v) is 5.96. The first-order valence-corrected chi connectivity index (χ1v) is 8.89. The second kappa shape index (κ2) is 16.6. The summed E-state index contributed by atoms with van der Waals surface area (Å²) >= 11 is 0. The molecule has 1 atom stereocenters. The number of unbranched alkanes of at least 4 members (excludes halogenated alkanes) is 11. The summed E-state index contributed by atoms with van der Waals surface area (Å²) < 4.78 is 0. The number of rotatable bonds is 14. The van der Waals surface area contributed by atoms with Crippen LogP contribution in [0.5, 0.6) is 0 Å². The third-order valence-electron chi connectivity index (χ3n) is 3.91. The molecule has 0 radical (unpaired) electrons. The first kappa shape index (κ1) is 19.5. The first-order valence-electron chi connectivity index (χ1n) is 8.89. The second-order valence-electron chi connectivity index (χ2n) is 5.96. The molecule has 1 nitrogen and oxygen atoms in total. The van der Waals surface area contributed by atoms with E-state index in [4.69, 9.17) is 0 Å².